The van der Waals surface area contributed by atoms with Crippen LogP contribution in [0.2, 0.25) is 24.2 Å². The van der Waals surface area contributed by atoms with Crippen molar-refractivity contribution < 1.29 is 5.11 Å². The Morgan fingerprint density at radius 1 is 1.27 bits per heavy atom. The van der Waals surface area contributed by atoms with Crippen LogP contribution in [0.4, 0.5) is 0 Å². The second-order valence-corrected chi connectivity index (χ2v) is 14.9. The van der Waals surface area contributed by atoms with E-state index in [9.17, 15) is 5.11 Å². The normalized spacial score (nSPS) is 16.0. The second-order valence-electron chi connectivity index (χ2n) is 8.07. The van der Waals surface area contributed by atoms with E-state index >= 15 is 0 Å². The summed E-state index contributed by atoms with van der Waals surface area (Å²) in [4.78, 5) is 8.59. The van der Waals surface area contributed by atoms with Crippen molar-refractivity contribution in [1.82, 2.24) is 14.5 Å². The maximum absolute atomic E-state index is 10.2. The summed E-state index contributed by atoms with van der Waals surface area (Å²) in [6.45, 7) is 14.0. The molecule has 1 unspecified atom stereocenters. The van der Waals surface area contributed by atoms with Gasteiger partial charge in [-0.25, -0.2) is 9.97 Å². The topological polar surface area (TPSA) is 50.9 Å². The van der Waals surface area contributed by atoms with Crippen LogP contribution in [0.3, 0.4) is 0 Å². The van der Waals surface area contributed by atoms with Crippen molar-refractivity contribution in [3.05, 3.63) is 22.3 Å². The van der Waals surface area contributed by atoms with Crippen molar-refractivity contribution >= 4 is 41.7 Å². The Hall–Kier alpha value is -0.473. The van der Waals surface area contributed by atoms with Gasteiger partial charge in [0.05, 0.1) is 25.6 Å². The number of hydrogen-bond donors (Lipinski definition) is 1. The van der Waals surface area contributed by atoms with E-state index in [-0.39, 0.29) is 17.2 Å². The molecule has 0 fully saturated rings. The van der Waals surface area contributed by atoms with E-state index in [1.807, 2.05) is 6.20 Å². The molecule has 0 radical (unpaired) electrons. The lowest BCUT2D eigenvalue weighted by Gasteiger charge is -2.44. The lowest BCUT2D eigenvalue weighted by Crippen LogP contribution is -2.47. The zero-order valence-electron chi connectivity index (χ0n) is 14.3. The Morgan fingerprint density at radius 3 is 2.45 bits per heavy atom. The summed E-state index contributed by atoms with van der Waals surface area (Å²) in [5.41, 5.74) is 0.577. The summed E-state index contributed by atoms with van der Waals surface area (Å²) in [6.07, 6.45) is 5.53. The predicted octanol–water partition coefficient (Wildman–Crippen LogP) is 4.25. The Balaban J connectivity index is 2.54. The molecule has 0 amide bonds. The molecular formula is C16H26IN3OSi. The largest absolute Gasteiger partial charge is 0.394 e. The van der Waals surface area contributed by atoms with Gasteiger partial charge in [0.25, 0.3) is 0 Å². The second kappa shape index (κ2) is 5.87. The van der Waals surface area contributed by atoms with Gasteiger partial charge < -0.3 is 9.67 Å². The van der Waals surface area contributed by atoms with Gasteiger partial charge in [0.1, 0.15) is 12.0 Å². The third kappa shape index (κ3) is 3.10. The summed E-state index contributed by atoms with van der Waals surface area (Å²) >= 11 is 2.32. The van der Waals surface area contributed by atoms with Crippen molar-refractivity contribution in [2.75, 3.05) is 6.61 Å². The molecule has 2 aromatic rings. The van der Waals surface area contributed by atoms with E-state index in [1.54, 1.807) is 6.33 Å². The van der Waals surface area contributed by atoms with Gasteiger partial charge in [-0.05, 0) is 40.6 Å². The van der Waals surface area contributed by atoms with Crippen molar-refractivity contribution in [3.63, 3.8) is 0 Å². The van der Waals surface area contributed by atoms with Crippen LogP contribution >= 0.6 is 22.6 Å². The molecule has 4 nitrogen and oxygen atoms in total. The van der Waals surface area contributed by atoms with Gasteiger partial charge in [-0.1, -0.05) is 33.9 Å². The van der Waals surface area contributed by atoms with Crippen molar-refractivity contribution in [2.45, 2.75) is 57.4 Å². The quantitative estimate of drug-likeness (QED) is 0.582. The molecule has 22 heavy (non-hydrogen) atoms. The molecule has 0 aliphatic carbocycles. The number of nitrogens with zero attached hydrogens (tertiary/aromatic N) is 3. The van der Waals surface area contributed by atoms with Crippen LogP contribution in [-0.2, 0) is 5.54 Å². The summed E-state index contributed by atoms with van der Waals surface area (Å²) in [6, 6.07) is 1.00. The average molecular weight is 431 g/mol. The Bertz CT molecular complexity index is 678. The number of aliphatic hydroxyl groups is 1. The minimum atomic E-state index is -1.55. The Labute approximate surface area is 147 Å². The average Bonchev–Trinajstić information content (AvgIpc) is 2.76. The van der Waals surface area contributed by atoms with E-state index in [0.717, 1.165) is 20.6 Å². The fourth-order valence-electron chi connectivity index (χ4n) is 2.77. The fourth-order valence-corrected chi connectivity index (χ4v) is 6.15. The molecule has 122 valence electrons. The van der Waals surface area contributed by atoms with Gasteiger partial charge in [-0.3, -0.25) is 0 Å². The number of rotatable bonds is 4. The van der Waals surface area contributed by atoms with Crippen LogP contribution in [-0.4, -0.2) is 34.3 Å². The molecule has 6 heteroatoms. The van der Waals surface area contributed by atoms with E-state index in [0.29, 0.717) is 0 Å². The van der Waals surface area contributed by atoms with Crippen LogP contribution in [0.25, 0.3) is 11.0 Å². The van der Waals surface area contributed by atoms with Gasteiger partial charge in [0.2, 0.25) is 0 Å². The molecule has 1 N–H and O–H groups in total. The minimum absolute atomic E-state index is 0.114. The highest BCUT2D eigenvalue weighted by Crippen LogP contribution is 2.44. The molecule has 2 rings (SSSR count). The zero-order valence-corrected chi connectivity index (χ0v) is 17.5. The molecule has 2 aromatic heterocycles. The van der Waals surface area contributed by atoms with Crippen molar-refractivity contribution in [3.8, 4) is 0 Å². The third-order valence-corrected chi connectivity index (χ3v) is 11.8. The molecule has 2 heterocycles. The lowest BCUT2D eigenvalue weighted by atomic mass is 10.1. The first-order valence-corrected chi connectivity index (χ1v) is 11.9. The third-order valence-electron chi connectivity index (χ3n) is 5.19. The van der Waals surface area contributed by atoms with Crippen molar-refractivity contribution in [1.29, 1.82) is 0 Å². The molecule has 0 aliphatic rings. The van der Waals surface area contributed by atoms with Gasteiger partial charge in [0.15, 0.2) is 0 Å². The zero-order chi connectivity index (χ0) is 16.8. The highest BCUT2D eigenvalue weighted by molar-refractivity contribution is 14.1. The Kier molecular flexibility index (Phi) is 4.77. The molecule has 0 bridgehead atoms. The van der Waals surface area contributed by atoms with Crippen molar-refractivity contribution in [2.24, 2.45) is 0 Å². The highest BCUT2D eigenvalue weighted by Gasteiger charge is 2.42. The van der Waals surface area contributed by atoms with Gasteiger partial charge in [-0.15, -0.1) is 0 Å². The first-order valence-electron chi connectivity index (χ1n) is 7.60. The molecule has 0 aromatic carbocycles. The maximum Gasteiger partial charge on any atom is 0.144 e. The first-order chi connectivity index (χ1) is 10.0. The van der Waals surface area contributed by atoms with Crippen LogP contribution in [0.15, 0.2) is 18.7 Å². The summed E-state index contributed by atoms with van der Waals surface area (Å²) in [7, 11) is -1.55. The van der Waals surface area contributed by atoms with Crippen LogP contribution in [0, 0.1) is 3.57 Å². The van der Waals surface area contributed by atoms with Crippen LogP contribution in [0.5, 0.6) is 0 Å². The molecular weight excluding hydrogens is 405 g/mol. The number of hydrogen-bond acceptors (Lipinski definition) is 3. The Morgan fingerprint density at radius 2 is 1.91 bits per heavy atom. The number of aromatic nitrogens is 3. The summed E-state index contributed by atoms with van der Waals surface area (Å²) < 4.78 is 3.29. The maximum atomic E-state index is 10.2. The predicted molar refractivity (Wildman–Crippen MR) is 103 cm³/mol. The summed E-state index contributed by atoms with van der Waals surface area (Å²) in [5.74, 6) is 0. The molecule has 0 spiro atoms. The van der Waals surface area contributed by atoms with E-state index in [2.05, 4.69) is 84.1 Å². The molecule has 0 saturated heterocycles. The summed E-state index contributed by atoms with van der Waals surface area (Å²) in [5, 5.41) is 11.5. The van der Waals surface area contributed by atoms with E-state index in [4.69, 9.17) is 0 Å². The number of aliphatic hydroxyl groups excluding tert-OH is 1. The minimum Gasteiger partial charge on any atom is -0.394 e. The van der Waals surface area contributed by atoms with Gasteiger partial charge in [-0.2, -0.15) is 0 Å². The van der Waals surface area contributed by atoms with Gasteiger partial charge in [0, 0.05) is 16.0 Å². The molecule has 1 atom stereocenters. The monoisotopic (exact) mass is 431 g/mol. The number of halogens is 1. The van der Waals surface area contributed by atoms with E-state index in [1.165, 1.54) is 0 Å². The molecule has 0 saturated carbocycles. The fraction of sp³-hybridized carbons (Fsp3) is 0.625. The smallest absolute Gasteiger partial charge is 0.144 e. The van der Waals surface area contributed by atoms with Gasteiger partial charge >= 0.3 is 0 Å². The SMILES string of the molecule is CC(CO)(C[Si](C)(C)C(C)(C)C)n1cc(I)c2cncnc21. The highest BCUT2D eigenvalue weighted by atomic mass is 127. The van der Waals surface area contributed by atoms with Crippen LogP contribution < -0.4 is 0 Å². The number of fused-ring (bicyclic) bond motifs is 1. The lowest BCUT2D eigenvalue weighted by molar-refractivity contribution is 0.165. The van der Waals surface area contributed by atoms with E-state index < -0.39 is 8.07 Å². The standard InChI is InChI=1S/C16H26IN3OSi/c1-15(2,3)22(5,6)10-16(4,9-21)20-8-13(17)12-7-18-11-19-14(12)20/h7-8,11,21H,9-10H2,1-6H3. The van der Waals surface area contributed by atoms with Crippen LogP contribution in [0.1, 0.15) is 27.7 Å². The first kappa shape index (κ1) is 17.9. The molecule has 0 aliphatic heterocycles.